The molecule has 22 heavy (non-hydrogen) atoms. The van der Waals surface area contributed by atoms with Crippen LogP contribution in [0.1, 0.15) is 21.0 Å². The van der Waals surface area contributed by atoms with Crippen molar-refractivity contribution in [2.75, 3.05) is 6.61 Å². The van der Waals surface area contributed by atoms with Crippen molar-refractivity contribution in [1.29, 1.82) is 0 Å². The minimum absolute atomic E-state index is 0.0329. The molecule has 3 rings (SSSR count). The maximum atomic E-state index is 12.1. The fraction of sp³-hybridized carbons (Fsp3) is 0.0667. The standard InChI is InChI=1S/C15H11N3O4/c19-12(11-6-3-7-16-11)8-22-15(21)13-9-4-1-2-5-10(9)14(20)18-17-13/h1-7,16H,8H2,(H,18,20). The smallest absolute Gasteiger partial charge is 0.359 e. The summed E-state index contributed by atoms with van der Waals surface area (Å²) in [6.07, 6.45) is 1.60. The third-order valence-electron chi connectivity index (χ3n) is 3.12. The number of rotatable bonds is 4. The van der Waals surface area contributed by atoms with E-state index in [0.29, 0.717) is 16.5 Å². The number of fused-ring (bicyclic) bond motifs is 1. The number of aromatic amines is 2. The van der Waals surface area contributed by atoms with Gasteiger partial charge in [0.25, 0.3) is 5.56 Å². The highest BCUT2D eigenvalue weighted by Gasteiger charge is 2.17. The second-order valence-corrected chi connectivity index (χ2v) is 4.53. The molecule has 0 spiro atoms. The fourth-order valence-electron chi connectivity index (χ4n) is 2.05. The van der Waals surface area contributed by atoms with Gasteiger partial charge in [-0.2, -0.15) is 5.10 Å². The van der Waals surface area contributed by atoms with Crippen LogP contribution >= 0.6 is 0 Å². The van der Waals surface area contributed by atoms with Crippen molar-refractivity contribution in [1.82, 2.24) is 15.2 Å². The van der Waals surface area contributed by atoms with Crippen molar-refractivity contribution in [3.05, 3.63) is 64.3 Å². The molecule has 7 nitrogen and oxygen atoms in total. The molecule has 0 aliphatic carbocycles. The second-order valence-electron chi connectivity index (χ2n) is 4.53. The minimum atomic E-state index is -0.771. The quantitative estimate of drug-likeness (QED) is 0.557. The summed E-state index contributed by atoms with van der Waals surface area (Å²) >= 11 is 0. The van der Waals surface area contributed by atoms with Gasteiger partial charge in [-0.1, -0.05) is 18.2 Å². The topological polar surface area (TPSA) is 105 Å². The Hall–Kier alpha value is -3.22. The Kier molecular flexibility index (Phi) is 3.53. The molecule has 0 saturated carbocycles. The van der Waals surface area contributed by atoms with Gasteiger partial charge in [0.1, 0.15) is 0 Å². The SMILES string of the molecule is O=C(COC(=O)c1n[nH]c(=O)c2ccccc12)c1ccc[nH]1. The van der Waals surface area contributed by atoms with Gasteiger partial charge in [0.2, 0.25) is 5.78 Å². The third kappa shape index (κ3) is 2.51. The van der Waals surface area contributed by atoms with Gasteiger partial charge in [-0.3, -0.25) is 9.59 Å². The van der Waals surface area contributed by atoms with Crippen molar-refractivity contribution < 1.29 is 14.3 Å². The van der Waals surface area contributed by atoms with E-state index >= 15 is 0 Å². The number of Topliss-reactive ketones (excluding diaryl/α,β-unsaturated/α-hetero) is 1. The Morgan fingerprint density at radius 3 is 2.59 bits per heavy atom. The molecule has 0 aliphatic rings. The fourth-order valence-corrected chi connectivity index (χ4v) is 2.05. The normalized spacial score (nSPS) is 10.5. The largest absolute Gasteiger partial charge is 0.452 e. The van der Waals surface area contributed by atoms with Crippen LogP contribution in [0.3, 0.4) is 0 Å². The van der Waals surface area contributed by atoms with E-state index in [4.69, 9.17) is 4.74 Å². The highest BCUT2D eigenvalue weighted by Crippen LogP contribution is 2.13. The number of benzene rings is 1. The summed E-state index contributed by atoms with van der Waals surface area (Å²) in [5, 5.41) is 6.67. The van der Waals surface area contributed by atoms with Crippen LogP contribution in [0.15, 0.2) is 47.4 Å². The zero-order valence-corrected chi connectivity index (χ0v) is 11.3. The number of esters is 1. The molecule has 3 aromatic rings. The lowest BCUT2D eigenvalue weighted by Gasteiger charge is -2.05. The molecule has 2 heterocycles. The summed E-state index contributed by atoms with van der Waals surface area (Å²) in [4.78, 5) is 38.2. The highest BCUT2D eigenvalue weighted by molar-refractivity contribution is 6.03. The molecular formula is C15H11N3O4. The van der Waals surface area contributed by atoms with E-state index in [1.807, 2.05) is 0 Å². The van der Waals surface area contributed by atoms with Crippen molar-refractivity contribution in [2.24, 2.45) is 0 Å². The summed E-state index contributed by atoms with van der Waals surface area (Å²) in [6.45, 7) is -0.408. The molecular weight excluding hydrogens is 286 g/mol. The van der Waals surface area contributed by atoms with E-state index in [9.17, 15) is 14.4 Å². The molecule has 0 saturated heterocycles. The summed E-state index contributed by atoms with van der Waals surface area (Å²) in [6, 6.07) is 9.80. The predicted octanol–water partition coefficient (Wildman–Crippen LogP) is 1.29. The van der Waals surface area contributed by atoms with E-state index < -0.39 is 18.1 Å². The van der Waals surface area contributed by atoms with E-state index in [1.165, 1.54) is 0 Å². The molecule has 0 atom stereocenters. The summed E-state index contributed by atoms with van der Waals surface area (Å²) in [5.74, 6) is -1.13. The average Bonchev–Trinajstić information content (AvgIpc) is 3.07. The van der Waals surface area contributed by atoms with E-state index in [-0.39, 0.29) is 11.5 Å². The predicted molar refractivity (Wildman–Crippen MR) is 77.8 cm³/mol. The highest BCUT2D eigenvalue weighted by atomic mass is 16.5. The molecule has 0 radical (unpaired) electrons. The van der Waals surface area contributed by atoms with Crippen molar-refractivity contribution in [2.45, 2.75) is 0 Å². The van der Waals surface area contributed by atoms with Gasteiger partial charge in [-0.15, -0.1) is 0 Å². The monoisotopic (exact) mass is 297 g/mol. The van der Waals surface area contributed by atoms with Crippen LogP contribution in [0.25, 0.3) is 10.8 Å². The summed E-state index contributed by atoms with van der Waals surface area (Å²) < 4.78 is 4.97. The molecule has 2 aromatic heterocycles. The van der Waals surface area contributed by atoms with Crippen molar-refractivity contribution in [3.63, 3.8) is 0 Å². The number of nitrogens with one attached hydrogen (secondary N) is 2. The van der Waals surface area contributed by atoms with Crippen molar-refractivity contribution >= 4 is 22.5 Å². The van der Waals surface area contributed by atoms with Crippen molar-refractivity contribution in [3.8, 4) is 0 Å². The Morgan fingerprint density at radius 2 is 1.86 bits per heavy atom. The Balaban J connectivity index is 1.83. The van der Waals surface area contributed by atoms with Crippen LogP contribution in [0.5, 0.6) is 0 Å². The number of hydrogen-bond donors (Lipinski definition) is 2. The lowest BCUT2D eigenvalue weighted by Crippen LogP contribution is -2.19. The Bertz CT molecular complexity index is 897. The van der Waals surface area contributed by atoms with Gasteiger partial charge in [0.15, 0.2) is 12.3 Å². The molecule has 0 aliphatic heterocycles. The Morgan fingerprint density at radius 1 is 1.09 bits per heavy atom. The lowest BCUT2D eigenvalue weighted by molar-refractivity contribution is 0.0469. The molecule has 2 N–H and O–H groups in total. The molecule has 110 valence electrons. The number of H-pyrrole nitrogens is 2. The van der Waals surface area contributed by atoms with Gasteiger partial charge in [-0.25, -0.2) is 9.89 Å². The first-order chi connectivity index (χ1) is 10.7. The first-order valence-electron chi connectivity index (χ1n) is 6.48. The second kappa shape index (κ2) is 5.65. The first-order valence-corrected chi connectivity index (χ1v) is 6.48. The number of ketones is 1. The summed E-state index contributed by atoms with van der Waals surface area (Å²) in [7, 11) is 0. The number of ether oxygens (including phenoxy) is 1. The van der Waals surface area contributed by atoms with Gasteiger partial charge in [-0.05, 0) is 18.2 Å². The maximum absolute atomic E-state index is 12.1. The molecule has 0 fully saturated rings. The summed E-state index contributed by atoms with van der Waals surface area (Å²) in [5.41, 5.74) is -0.0730. The van der Waals surface area contributed by atoms with Gasteiger partial charge < -0.3 is 9.72 Å². The molecule has 0 bridgehead atoms. The van der Waals surface area contributed by atoms with Crippen LogP contribution in [0.2, 0.25) is 0 Å². The van der Waals surface area contributed by atoms with Crippen LogP contribution in [0.4, 0.5) is 0 Å². The lowest BCUT2D eigenvalue weighted by atomic mass is 10.1. The van der Waals surface area contributed by atoms with E-state index in [2.05, 4.69) is 15.2 Å². The number of nitrogens with zero attached hydrogens (tertiary/aromatic N) is 1. The van der Waals surface area contributed by atoms with Crippen LogP contribution in [-0.4, -0.2) is 33.5 Å². The average molecular weight is 297 g/mol. The minimum Gasteiger partial charge on any atom is -0.452 e. The number of carbonyl (C=O) groups excluding carboxylic acids is 2. The molecule has 1 aromatic carbocycles. The Labute approximate surface area is 123 Å². The van der Waals surface area contributed by atoms with Crippen LogP contribution in [-0.2, 0) is 4.74 Å². The number of aromatic nitrogens is 3. The van der Waals surface area contributed by atoms with Gasteiger partial charge in [0.05, 0.1) is 11.1 Å². The van der Waals surface area contributed by atoms with Gasteiger partial charge in [0, 0.05) is 11.6 Å². The molecule has 7 heteroatoms. The van der Waals surface area contributed by atoms with Crippen LogP contribution < -0.4 is 5.56 Å². The van der Waals surface area contributed by atoms with E-state index in [0.717, 1.165) is 0 Å². The van der Waals surface area contributed by atoms with Crippen LogP contribution in [0, 0.1) is 0 Å². The number of carbonyl (C=O) groups is 2. The first kappa shape index (κ1) is 13.7. The zero-order chi connectivity index (χ0) is 15.5. The molecule has 0 unspecified atom stereocenters. The number of hydrogen-bond acceptors (Lipinski definition) is 5. The van der Waals surface area contributed by atoms with E-state index in [1.54, 1.807) is 42.6 Å². The third-order valence-corrected chi connectivity index (χ3v) is 3.12. The maximum Gasteiger partial charge on any atom is 0.359 e. The van der Waals surface area contributed by atoms with Gasteiger partial charge >= 0.3 is 5.97 Å². The molecule has 0 amide bonds. The zero-order valence-electron chi connectivity index (χ0n) is 11.3.